The first-order valence-electron chi connectivity index (χ1n) is 11.0. The Kier molecular flexibility index (Phi) is 9.22. The first-order chi connectivity index (χ1) is 17.5. The van der Waals surface area contributed by atoms with E-state index in [2.05, 4.69) is 16.3 Å². The molecule has 0 aliphatic carbocycles. The summed E-state index contributed by atoms with van der Waals surface area (Å²) < 4.78 is 0. The fraction of sp³-hybridized carbons (Fsp3) is 0.120. The highest BCUT2D eigenvalue weighted by Gasteiger charge is 2.24. The van der Waals surface area contributed by atoms with Gasteiger partial charge in [0.1, 0.15) is 0 Å². The third-order valence-electron chi connectivity index (χ3n) is 4.98. The van der Waals surface area contributed by atoms with Crippen molar-refractivity contribution >= 4 is 24.5 Å². The van der Waals surface area contributed by atoms with Crippen molar-refractivity contribution in [3.8, 4) is 0 Å². The van der Waals surface area contributed by atoms with Crippen molar-refractivity contribution in [2.75, 3.05) is 0 Å². The molecule has 186 valence electrons. The zero-order chi connectivity index (χ0) is 25.8. The van der Waals surface area contributed by atoms with E-state index in [4.69, 9.17) is 5.73 Å². The minimum Gasteiger partial charge on any atom is -0.350 e. The number of benzene rings is 3. The van der Waals surface area contributed by atoms with Crippen LogP contribution in [-0.2, 0) is 24.4 Å². The molecule has 0 saturated heterocycles. The minimum absolute atomic E-state index is 0.0157. The van der Waals surface area contributed by atoms with Crippen LogP contribution in [0, 0.1) is 0 Å². The summed E-state index contributed by atoms with van der Waals surface area (Å²) >= 11 is 0. The number of carbonyl (C=O) groups is 4. The average molecular weight is 490 g/mol. The molecule has 5 N–H and O–H groups in total. The Labute approximate surface area is 208 Å². The maximum Gasteiger partial charge on any atom is 0.355 e. The Hall–Kier alpha value is -5.06. The van der Waals surface area contributed by atoms with Crippen LogP contribution >= 0.6 is 0 Å². The Morgan fingerprint density at radius 2 is 0.972 bits per heavy atom. The molecule has 3 aromatic carbocycles. The number of nitrogens with zero attached hydrogens (tertiary/aromatic N) is 3. The lowest BCUT2D eigenvalue weighted by molar-refractivity contribution is -0.113. The minimum atomic E-state index is -0.883. The topological polar surface area (TPSA) is 140 Å². The molecule has 11 nitrogen and oxygen atoms in total. The van der Waals surface area contributed by atoms with E-state index in [9.17, 15) is 19.2 Å². The Morgan fingerprint density at radius 3 is 1.39 bits per heavy atom. The first-order valence-corrected chi connectivity index (χ1v) is 11.0. The third kappa shape index (κ3) is 7.76. The van der Waals surface area contributed by atoms with Crippen LogP contribution in [0.5, 0.6) is 0 Å². The summed E-state index contributed by atoms with van der Waals surface area (Å²) in [5.74, 6) is 0. The van der Waals surface area contributed by atoms with Gasteiger partial charge in [-0.3, -0.25) is 10.2 Å². The highest BCUT2D eigenvalue weighted by atomic mass is 16.2. The van der Waals surface area contributed by atoms with Gasteiger partial charge in [-0.2, -0.15) is 0 Å². The van der Waals surface area contributed by atoms with Gasteiger partial charge in [0.25, 0.3) is 0 Å². The summed E-state index contributed by atoms with van der Waals surface area (Å²) in [5.41, 5.74) is 14.9. The van der Waals surface area contributed by atoms with Gasteiger partial charge in [0, 0.05) is 0 Å². The van der Waals surface area contributed by atoms with Crippen LogP contribution in [0.1, 0.15) is 16.7 Å². The Bertz CT molecular complexity index is 1150. The number of carbonyl (C=O) groups excluding carboxylic acids is 4. The highest BCUT2D eigenvalue weighted by Crippen LogP contribution is 2.07. The van der Waals surface area contributed by atoms with Crippen LogP contribution in [0.4, 0.5) is 14.4 Å². The van der Waals surface area contributed by atoms with Crippen molar-refractivity contribution in [1.82, 2.24) is 31.3 Å². The summed E-state index contributed by atoms with van der Waals surface area (Å²) in [4.78, 5) is 49.3. The predicted molar refractivity (Wildman–Crippen MR) is 132 cm³/mol. The standard InChI is InChI=1S/C25H27N7O4/c26-23(34)30(16-20-10-4-1-5-11-20)28-25(36)32(18-22-14-8-3-9-15-22)29-24(35)31(27-19-33)17-21-12-6-2-7-13-21/h1-15,19H,16-18H2,(H2,26,34)(H,27,33)(H,28,36)(H,29,35). The van der Waals surface area contributed by atoms with Crippen LogP contribution < -0.4 is 22.0 Å². The van der Waals surface area contributed by atoms with Gasteiger partial charge >= 0.3 is 18.1 Å². The normalized spacial score (nSPS) is 10.0. The molecule has 3 rings (SSSR count). The second-order valence-corrected chi connectivity index (χ2v) is 7.63. The summed E-state index contributed by atoms with van der Waals surface area (Å²) in [6.07, 6.45) is 0.360. The number of rotatable bonds is 8. The average Bonchev–Trinajstić information content (AvgIpc) is 2.89. The fourth-order valence-electron chi connectivity index (χ4n) is 3.22. The van der Waals surface area contributed by atoms with E-state index in [1.165, 1.54) is 0 Å². The summed E-state index contributed by atoms with van der Waals surface area (Å²) in [7, 11) is 0. The van der Waals surface area contributed by atoms with Gasteiger partial charge in [0.15, 0.2) is 0 Å². The number of hydrogen-bond acceptors (Lipinski definition) is 4. The molecular weight excluding hydrogens is 462 g/mol. The van der Waals surface area contributed by atoms with Crippen molar-refractivity contribution in [2.24, 2.45) is 5.73 Å². The lowest BCUT2D eigenvalue weighted by Gasteiger charge is -2.30. The van der Waals surface area contributed by atoms with Gasteiger partial charge in [0.2, 0.25) is 6.41 Å². The molecule has 0 spiro atoms. The number of nitrogens with one attached hydrogen (secondary N) is 3. The van der Waals surface area contributed by atoms with E-state index in [0.717, 1.165) is 26.2 Å². The largest absolute Gasteiger partial charge is 0.355 e. The van der Waals surface area contributed by atoms with Crippen LogP contribution in [0.15, 0.2) is 91.0 Å². The molecule has 0 unspecified atom stereocenters. The van der Waals surface area contributed by atoms with Crippen LogP contribution in [0.2, 0.25) is 0 Å². The van der Waals surface area contributed by atoms with E-state index >= 15 is 0 Å². The number of urea groups is 3. The smallest absolute Gasteiger partial charge is 0.350 e. The second kappa shape index (κ2) is 13.0. The number of primary amides is 1. The molecular formula is C25H27N7O4. The Morgan fingerprint density at radius 1 is 0.611 bits per heavy atom. The summed E-state index contributed by atoms with van der Waals surface area (Å²) in [6.45, 7) is 0.0338. The molecule has 0 saturated carbocycles. The second-order valence-electron chi connectivity index (χ2n) is 7.63. The van der Waals surface area contributed by atoms with Crippen molar-refractivity contribution in [3.05, 3.63) is 108 Å². The zero-order valence-electron chi connectivity index (χ0n) is 19.4. The number of nitrogens with two attached hydrogens (primary N) is 1. The van der Waals surface area contributed by atoms with E-state index in [0.29, 0.717) is 12.0 Å². The molecule has 0 aliphatic rings. The molecule has 0 aliphatic heterocycles. The monoisotopic (exact) mass is 489 g/mol. The summed E-state index contributed by atoms with van der Waals surface area (Å²) in [5, 5.41) is 2.94. The van der Waals surface area contributed by atoms with Gasteiger partial charge in [0.05, 0.1) is 19.6 Å². The van der Waals surface area contributed by atoms with Crippen molar-refractivity contribution < 1.29 is 19.2 Å². The van der Waals surface area contributed by atoms with Gasteiger partial charge < -0.3 is 5.73 Å². The van der Waals surface area contributed by atoms with Crippen LogP contribution in [0.3, 0.4) is 0 Å². The maximum atomic E-state index is 13.2. The van der Waals surface area contributed by atoms with Gasteiger partial charge in [-0.1, -0.05) is 91.0 Å². The summed E-state index contributed by atoms with van der Waals surface area (Å²) in [6, 6.07) is 24.4. The lowest BCUT2D eigenvalue weighted by atomic mass is 10.2. The van der Waals surface area contributed by atoms with Crippen LogP contribution in [0.25, 0.3) is 0 Å². The van der Waals surface area contributed by atoms with Crippen LogP contribution in [-0.4, -0.2) is 39.5 Å². The van der Waals surface area contributed by atoms with E-state index in [-0.39, 0.29) is 19.6 Å². The van der Waals surface area contributed by atoms with Gasteiger partial charge in [-0.15, -0.1) is 0 Å². The SMILES string of the molecule is NC(=O)N(Cc1ccccc1)NC(=O)N(Cc1ccccc1)NC(=O)N(Cc1ccccc1)NC=O. The van der Waals surface area contributed by atoms with E-state index < -0.39 is 18.1 Å². The molecule has 0 aromatic heterocycles. The van der Waals surface area contributed by atoms with Gasteiger partial charge in [-0.25, -0.2) is 40.3 Å². The molecule has 0 fully saturated rings. The van der Waals surface area contributed by atoms with E-state index in [1.807, 2.05) is 18.2 Å². The predicted octanol–water partition coefficient (Wildman–Crippen LogP) is 2.48. The van der Waals surface area contributed by atoms with Crippen molar-refractivity contribution in [1.29, 1.82) is 0 Å². The first kappa shape index (κ1) is 25.6. The maximum absolute atomic E-state index is 13.2. The molecule has 0 heterocycles. The Balaban J connectivity index is 1.77. The van der Waals surface area contributed by atoms with Crippen molar-refractivity contribution in [3.63, 3.8) is 0 Å². The van der Waals surface area contributed by atoms with Gasteiger partial charge in [-0.05, 0) is 16.7 Å². The van der Waals surface area contributed by atoms with Crippen molar-refractivity contribution in [2.45, 2.75) is 19.6 Å². The molecule has 0 radical (unpaired) electrons. The van der Waals surface area contributed by atoms with E-state index in [1.54, 1.807) is 72.8 Å². The quantitative estimate of drug-likeness (QED) is 0.285. The fourth-order valence-corrected chi connectivity index (χ4v) is 3.22. The number of hydrazine groups is 3. The number of hydrogen-bond donors (Lipinski definition) is 4. The lowest BCUT2D eigenvalue weighted by Crippen LogP contribution is -2.59. The number of amides is 7. The molecule has 7 amide bonds. The molecule has 3 aromatic rings. The molecule has 36 heavy (non-hydrogen) atoms. The highest BCUT2D eigenvalue weighted by molar-refractivity contribution is 5.82. The third-order valence-corrected chi connectivity index (χ3v) is 4.98. The zero-order valence-corrected chi connectivity index (χ0v) is 19.4. The molecule has 0 bridgehead atoms. The molecule has 0 atom stereocenters. The molecule has 11 heteroatoms.